The Morgan fingerprint density at radius 3 is 3.00 bits per heavy atom. The quantitative estimate of drug-likeness (QED) is 0.755. The van der Waals surface area contributed by atoms with E-state index in [2.05, 4.69) is 4.98 Å². The van der Waals surface area contributed by atoms with Crippen LogP contribution in [0.1, 0.15) is 37.2 Å². The van der Waals surface area contributed by atoms with Crippen molar-refractivity contribution in [3.05, 3.63) is 17.7 Å². The smallest absolute Gasteiger partial charge is 0.240 e. The first kappa shape index (κ1) is 9.24. The van der Waals surface area contributed by atoms with Gasteiger partial charge in [-0.25, -0.2) is 4.98 Å². The van der Waals surface area contributed by atoms with Crippen LogP contribution in [-0.4, -0.2) is 15.5 Å². The third-order valence-corrected chi connectivity index (χ3v) is 2.89. The standard InChI is InChI=1S/C10H15N3O/c1-7(10(11)14)13-6-12-8-4-2-3-5-9(8)13/h6-7H,2-5H2,1H3,(H2,11,14). The first-order valence-corrected chi connectivity index (χ1v) is 5.04. The van der Waals surface area contributed by atoms with Crippen molar-refractivity contribution >= 4 is 5.91 Å². The molecule has 0 spiro atoms. The van der Waals surface area contributed by atoms with Crippen LogP contribution in [0.2, 0.25) is 0 Å². The lowest BCUT2D eigenvalue weighted by atomic mass is 10.0. The molecule has 4 nitrogen and oxygen atoms in total. The monoisotopic (exact) mass is 193 g/mol. The van der Waals surface area contributed by atoms with Gasteiger partial charge in [-0.15, -0.1) is 0 Å². The molecule has 1 aromatic rings. The van der Waals surface area contributed by atoms with E-state index in [4.69, 9.17) is 5.73 Å². The normalized spacial score (nSPS) is 17.5. The van der Waals surface area contributed by atoms with E-state index in [0.717, 1.165) is 18.5 Å². The number of fused-ring (bicyclic) bond motifs is 1. The van der Waals surface area contributed by atoms with E-state index >= 15 is 0 Å². The summed E-state index contributed by atoms with van der Waals surface area (Å²) in [7, 11) is 0. The average molecular weight is 193 g/mol. The van der Waals surface area contributed by atoms with E-state index in [-0.39, 0.29) is 11.9 Å². The predicted molar refractivity (Wildman–Crippen MR) is 52.8 cm³/mol. The van der Waals surface area contributed by atoms with Crippen molar-refractivity contribution in [3.63, 3.8) is 0 Å². The molecule has 1 aliphatic carbocycles. The fourth-order valence-corrected chi connectivity index (χ4v) is 1.96. The zero-order valence-electron chi connectivity index (χ0n) is 8.36. The van der Waals surface area contributed by atoms with E-state index in [1.807, 2.05) is 11.5 Å². The van der Waals surface area contributed by atoms with E-state index in [0.29, 0.717) is 0 Å². The molecule has 0 fully saturated rings. The summed E-state index contributed by atoms with van der Waals surface area (Å²) < 4.78 is 1.91. The van der Waals surface area contributed by atoms with E-state index in [1.165, 1.54) is 18.5 Å². The Bertz CT molecular complexity index is 356. The Balaban J connectivity index is 2.34. The highest BCUT2D eigenvalue weighted by atomic mass is 16.1. The number of nitrogens with two attached hydrogens (primary N) is 1. The van der Waals surface area contributed by atoms with E-state index in [1.54, 1.807) is 6.33 Å². The maximum Gasteiger partial charge on any atom is 0.240 e. The number of imidazole rings is 1. The number of carbonyl (C=O) groups excluding carboxylic acids is 1. The molecule has 2 N–H and O–H groups in total. The Kier molecular flexibility index (Phi) is 2.27. The van der Waals surface area contributed by atoms with Gasteiger partial charge in [-0.2, -0.15) is 0 Å². The van der Waals surface area contributed by atoms with Crippen LogP contribution in [0.15, 0.2) is 6.33 Å². The summed E-state index contributed by atoms with van der Waals surface area (Å²) in [6, 6.07) is -0.274. The van der Waals surface area contributed by atoms with Gasteiger partial charge in [-0.05, 0) is 32.6 Å². The molecule has 1 aliphatic rings. The Labute approximate surface area is 83.1 Å². The van der Waals surface area contributed by atoms with E-state index in [9.17, 15) is 4.79 Å². The molecule has 1 amide bonds. The van der Waals surface area contributed by atoms with Crippen LogP contribution in [0.5, 0.6) is 0 Å². The highest BCUT2D eigenvalue weighted by Gasteiger charge is 2.20. The number of aromatic nitrogens is 2. The van der Waals surface area contributed by atoms with Gasteiger partial charge in [0.15, 0.2) is 0 Å². The number of amides is 1. The van der Waals surface area contributed by atoms with Crippen molar-refractivity contribution in [1.29, 1.82) is 0 Å². The second kappa shape index (κ2) is 3.44. The molecule has 2 rings (SSSR count). The molecule has 0 saturated carbocycles. The minimum Gasteiger partial charge on any atom is -0.368 e. The number of nitrogens with zero attached hydrogens (tertiary/aromatic N) is 2. The highest BCUT2D eigenvalue weighted by Crippen LogP contribution is 2.22. The SMILES string of the molecule is CC(C(N)=O)n1cnc2c1CCCC2. The predicted octanol–water partition coefficient (Wildman–Crippen LogP) is 0.808. The maximum atomic E-state index is 11.1. The van der Waals surface area contributed by atoms with Crippen molar-refractivity contribution in [2.24, 2.45) is 5.73 Å². The van der Waals surface area contributed by atoms with Crippen molar-refractivity contribution in [3.8, 4) is 0 Å². The first-order chi connectivity index (χ1) is 6.70. The lowest BCUT2D eigenvalue weighted by Gasteiger charge is -2.17. The van der Waals surface area contributed by atoms with Crippen LogP contribution >= 0.6 is 0 Å². The average Bonchev–Trinajstić information content (AvgIpc) is 2.60. The summed E-state index contributed by atoms with van der Waals surface area (Å²) in [5.74, 6) is -0.296. The third-order valence-electron chi connectivity index (χ3n) is 2.89. The molecule has 1 atom stereocenters. The minimum absolute atomic E-state index is 0.274. The third kappa shape index (κ3) is 1.41. The number of hydrogen-bond acceptors (Lipinski definition) is 2. The molecular weight excluding hydrogens is 178 g/mol. The van der Waals surface area contributed by atoms with Gasteiger partial charge < -0.3 is 10.3 Å². The number of carbonyl (C=O) groups is 1. The molecule has 1 heterocycles. The largest absolute Gasteiger partial charge is 0.368 e. The molecule has 0 bridgehead atoms. The van der Waals surface area contributed by atoms with Gasteiger partial charge >= 0.3 is 0 Å². The zero-order valence-corrected chi connectivity index (χ0v) is 8.36. The number of rotatable bonds is 2. The van der Waals surface area contributed by atoms with Crippen molar-refractivity contribution in [2.45, 2.75) is 38.6 Å². The van der Waals surface area contributed by atoms with Gasteiger partial charge in [-0.3, -0.25) is 4.79 Å². The molecule has 0 aliphatic heterocycles. The van der Waals surface area contributed by atoms with Gasteiger partial charge in [0.2, 0.25) is 5.91 Å². The van der Waals surface area contributed by atoms with Gasteiger partial charge in [0.1, 0.15) is 6.04 Å². The molecular formula is C10H15N3O. The Morgan fingerprint density at radius 1 is 1.57 bits per heavy atom. The molecule has 4 heteroatoms. The topological polar surface area (TPSA) is 60.9 Å². The maximum absolute atomic E-state index is 11.1. The van der Waals surface area contributed by atoms with E-state index < -0.39 is 0 Å². The fourth-order valence-electron chi connectivity index (χ4n) is 1.96. The molecule has 0 radical (unpaired) electrons. The van der Waals surface area contributed by atoms with Crippen LogP contribution in [0.3, 0.4) is 0 Å². The summed E-state index contributed by atoms with van der Waals surface area (Å²) in [6.45, 7) is 1.82. The minimum atomic E-state index is -0.296. The number of hydrogen-bond donors (Lipinski definition) is 1. The van der Waals surface area contributed by atoms with Crippen LogP contribution in [0, 0.1) is 0 Å². The van der Waals surface area contributed by atoms with Crippen molar-refractivity contribution < 1.29 is 4.79 Å². The van der Waals surface area contributed by atoms with Gasteiger partial charge in [0.05, 0.1) is 12.0 Å². The summed E-state index contributed by atoms with van der Waals surface area (Å²) in [5.41, 5.74) is 7.61. The first-order valence-electron chi connectivity index (χ1n) is 5.04. The van der Waals surface area contributed by atoms with Crippen molar-refractivity contribution in [1.82, 2.24) is 9.55 Å². The van der Waals surface area contributed by atoms with Gasteiger partial charge in [0, 0.05) is 5.69 Å². The summed E-state index contributed by atoms with van der Waals surface area (Å²) in [4.78, 5) is 15.4. The fraction of sp³-hybridized carbons (Fsp3) is 0.600. The second-order valence-electron chi connectivity index (χ2n) is 3.83. The molecule has 0 saturated heterocycles. The van der Waals surface area contributed by atoms with Crippen LogP contribution in [0.4, 0.5) is 0 Å². The Hall–Kier alpha value is -1.32. The number of primary amides is 1. The molecule has 76 valence electrons. The lowest BCUT2D eigenvalue weighted by molar-refractivity contribution is -0.120. The molecule has 0 aromatic carbocycles. The van der Waals surface area contributed by atoms with Gasteiger partial charge in [-0.1, -0.05) is 0 Å². The summed E-state index contributed by atoms with van der Waals surface area (Å²) in [6.07, 6.45) is 6.19. The molecule has 1 unspecified atom stereocenters. The van der Waals surface area contributed by atoms with Crippen LogP contribution < -0.4 is 5.73 Å². The summed E-state index contributed by atoms with van der Waals surface area (Å²) in [5, 5.41) is 0. The number of aryl methyl sites for hydroxylation is 1. The van der Waals surface area contributed by atoms with Crippen LogP contribution in [0.25, 0.3) is 0 Å². The zero-order chi connectivity index (χ0) is 10.1. The van der Waals surface area contributed by atoms with Gasteiger partial charge in [0.25, 0.3) is 0 Å². The second-order valence-corrected chi connectivity index (χ2v) is 3.83. The molecule has 14 heavy (non-hydrogen) atoms. The summed E-state index contributed by atoms with van der Waals surface area (Å²) >= 11 is 0. The highest BCUT2D eigenvalue weighted by molar-refractivity contribution is 5.78. The Morgan fingerprint density at radius 2 is 2.29 bits per heavy atom. The van der Waals surface area contributed by atoms with Crippen LogP contribution in [-0.2, 0) is 17.6 Å². The molecule has 1 aromatic heterocycles. The van der Waals surface area contributed by atoms with Crippen molar-refractivity contribution in [2.75, 3.05) is 0 Å². The lowest BCUT2D eigenvalue weighted by Crippen LogP contribution is -2.25.